The third-order valence-electron chi connectivity index (χ3n) is 3.95. The van der Waals surface area contributed by atoms with Gasteiger partial charge in [-0.3, -0.25) is 0 Å². The first-order valence-corrected chi connectivity index (χ1v) is 7.93. The van der Waals surface area contributed by atoms with Crippen LogP contribution in [0, 0.1) is 0 Å². The van der Waals surface area contributed by atoms with Crippen LogP contribution in [0.5, 0.6) is 0 Å². The third kappa shape index (κ3) is 3.63. The Morgan fingerprint density at radius 1 is 1.24 bits per heavy atom. The fourth-order valence-electron chi connectivity index (χ4n) is 2.89. The van der Waals surface area contributed by atoms with Crippen molar-refractivity contribution >= 4 is 11.0 Å². The number of hydrogen-bond donors (Lipinski definition) is 1. The van der Waals surface area contributed by atoms with E-state index in [1.165, 1.54) is 5.52 Å². The molecule has 2 N–H and O–H groups in total. The Hall–Kier alpha value is -1.39. The van der Waals surface area contributed by atoms with E-state index in [-0.39, 0.29) is 12.1 Å². The first-order chi connectivity index (χ1) is 10.2. The van der Waals surface area contributed by atoms with Crippen molar-refractivity contribution in [2.45, 2.75) is 58.2 Å². The van der Waals surface area contributed by atoms with Gasteiger partial charge in [-0.2, -0.15) is 0 Å². The van der Waals surface area contributed by atoms with E-state index < -0.39 is 0 Å². The van der Waals surface area contributed by atoms with Crippen LogP contribution in [0.25, 0.3) is 11.0 Å². The van der Waals surface area contributed by atoms with Crippen molar-refractivity contribution in [3.05, 3.63) is 30.1 Å². The number of benzene rings is 1. The molecule has 0 spiro atoms. The predicted molar refractivity (Wildman–Crippen MR) is 87.4 cm³/mol. The molecule has 0 fully saturated rings. The molecular weight excluding hydrogens is 262 g/mol. The van der Waals surface area contributed by atoms with Gasteiger partial charge in [0.25, 0.3) is 0 Å². The highest BCUT2D eigenvalue weighted by molar-refractivity contribution is 5.75. The number of imidazole rings is 1. The smallest absolute Gasteiger partial charge is 0.111 e. The minimum absolute atomic E-state index is 0.0117. The summed E-state index contributed by atoms with van der Waals surface area (Å²) in [5, 5.41) is 0. The Morgan fingerprint density at radius 2 is 2.00 bits per heavy atom. The molecule has 0 aliphatic rings. The van der Waals surface area contributed by atoms with Crippen molar-refractivity contribution < 1.29 is 4.74 Å². The number of ether oxygens (including phenoxy) is 1. The summed E-state index contributed by atoms with van der Waals surface area (Å²) in [5.41, 5.74) is 8.61. The van der Waals surface area contributed by atoms with Crippen LogP contribution < -0.4 is 5.73 Å². The second kappa shape index (κ2) is 7.57. The van der Waals surface area contributed by atoms with Crippen molar-refractivity contribution in [2.75, 3.05) is 7.11 Å². The fraction of sp³-hybridized carbons (Fsp3) is 0.588. The quantitative estimate of drug-likeness (QED) is 0.812. The Bertz CT molecular complexity index is 564. The van der Waals surface area contributed by atoms with Gasteiger partial charge < -0.3 is 15.0 Å². The number of para-hydroxylation sites is 2. The number of methoxy groups -OCH3 is 1. The van der Waals surface area contributed by atoms with Crippen LogP contribution >= 0.6 is 0 Å². The van der Waals surface area contributed by atoms with Crippen molar-refractivity contribution in [1.82, 2.24) is 9.55 Å². The van der Waals surface area contributed by atoms with Crippen LogP contribution in [-0.4, -0.2) is 28.8 Å². The van der Waals surface area contributed by atoms with E-state index in [1.807, 2.05) is 6.07 Å². The van der Waals surface area contributed by atoms with Crippen molar-refractivity contribution in [1.29, 1.82) is 0 Å². The fourth-order valence-corrected chi connectivity index (χ4v) is 2.89. The third-order valence-corrected chi connectivity index (χ3v) is 3.95. The molecule has 2 unspecified atom stereocenters. The van der Waals surface area contributed by atoms with Gasteiger partial charge in [-0.05, 0) is 25.0 Å². The highest BCUT2D eigenvalue weighted by atomic mass is 16.5. The van der Waals surface area contributed by atoms with Gasteiger partial charge in [0.2, 0.25) is 0 Å². The highest BCUT2D eigenvalue weighted by Gasteiger charge is 2.20. The van der Waals surface area contributed by atoms with E-state index in [4.69, 9.17) is 15.5 Å². The molecule has 116 valence electrons. The van der Waals surface area contributed by atoms with Gasteiger partial charge in [-0.25, -0.2) is 4.98 Å². The van der Waals surface area contributed by atoms with E-state index in [1.54, 1.807) is 7.11 Å². The topological polar surface area (TPSA) is 53.1 Å². The van der Waals surface area contributed by atoms with Gasteiger partial charge in [0.1, 0.15) is 5.82 Å². The van der Waals surface area contributed by atoms with Crippen LogP contribution in [0.1, 0.15) is 38.9 Å². The SMILES string of the molecule is CCCC(OC)C(N)Cc1nc2ccccc2n1CCC. The predicted octanol–water partition coefficient (Wildman–Crippen LogP) is 3.13. The standard InChI is InChI=1S/C17H27N3O/c1-4-8-16(21-3)13(18)12-17-19-14-9-6-7-10-15(14)20(17)11-5-2/h6-7,9-10,13,16H,4-5,8,11-12,18H2,1-3H3. The molecule has 0 aliphatic carbocycles. The molecule has 21 heavy (non-hydrogen) atoms. The number of hydrogen-bond acceptors (Lipinski definition) is 3. The summed E-state index contributed by atoms with van der Waals surface area (Å²) >= 11 is 0. The average Bonchev–Trinajstić information content (AvgIpc) is 2.83. The lowest BCUT2D eigenvalue weighted by Crippen LogP contribution is -2.38. The number of rotatable bonds is 8. The average molecular weight is 289 g/mol. The molecule has 2 aromatic rings. The number of nitrogens with zero attached hydrogens (tertiary/aromatic N) is 2. The Labute approximate surface area is 127 Å². The Balaban J connectivity index is 2.26. The second-order valence-corrected chi connectivity index (χ2v) is 5.60. The summed E-state index contributed by atoms with van der Waals surface area (Å²) in [7, 11) is 1.75. The number of nitrogens with two attached hydrogens (primary N) is 1. The molecule has 1 heterocycles. The molecule has 1 aromatic heterocycles. The van der Waals surface area contributed by atoms with Crippen LogP contribution in [-0.2, 0) is 17.7 Å². The molecule has 0 amide bonds. The van der Waals surface area contributed by atoms with Gasteiger partial charge >= 0.3 is 0 Å². The maximum absolute atomic E-state index is 6.36. The maximum Gasteiger partial charge on any atom is 0.111 e. The molecule has 0 bridgehead atoms. The zero-order valence-electron chi connectivity index (χ0n) is 13.4. The van der Waals surface area contributed by atoms with Crippen molar-refractivity contribution in [3.8, 4) is 0 Å². The lowest BCUT2D eigenvalue weighted by molar-refractivity contribution is 0.0719. The summed E-state index contributed by atoms with van der Waals surface area (Å²) in [4.78, 5) is 4.78. The summed E-state index contributed by atoms with van der Waals surface area (Å²) in [6, 6.07) is 8.28. The van der Waals surface area contributed by atoms with Gasteiger partial charge in [-0.1, -0.05) is 32.4 Å². The Kier molecular flexibility index (Phi) is 5.76. The molecule has 1 aromatic carbocycles. The van der Waals surface area contributed by atoms with E-state index >= 15 is 0 Å². The lowest BCUT2D eigenvalue weighted by atomic mass is 10.0. The van der Waals surface area contributed by atoms with Crippen LogP contribution in [0.3, 0.4) is 0 Å². The number of aryl methyl sites for hydroxylation is 1. The molecule has 2 atom stereocenters. The second-order valence-electron chi connectivity index (χ2n) is 5.60. The summed E-state index contributed by atoms with van der Waals surface area (Å²) in [6.07, 6.45) is 4.02. The molecule has 4 nitrogen and oxygen atoms in total. The van der Waals surface area contributed by atoms with Crippen LogP contribution in [0.2, 0.25) is 0 Å². The summed E-state index contributed by atoms with van der Waals surface area (Å²) in [6.45, 7) is 5.33. The zero-order valence-corrected chi connectivity index (χ0v) is 13.4. The van der Waals surface area contributed by atoms with E-state index in [2.05, 4.69) is 36.6 Å². The highest BCUT2D eigenvalue weighted by Crippen LogP contribution is 2.19. The van der Waals surface area contributed by atoms with E-state index in [0.717, 1.165) is 43.6 Å². The van der Waals surface area contributed by atoms with E-state index in [9.17, 15) is 0 Å². The van der Waals surface area contributed by atoms with Crippen LogP contribution in [0.15, 0.2) is 24.3 Å². The summed E-state index contributed by atoms with van der Waals surface area (Å²) < 4.78 is 7.84. The van der Waals surface area contributed by atoms with Gasteiger partial charge in [-0.15, -0.1) is 0 Å². The molecule has 0 saturated heterocycles. The number of fused-ring (bicyclic) bond motifs is 1. The largest absolute Gasteiger partial charge is 0.380 e. The monoisotopic (exact) mass is 289 g/mol. The van der Waals surface area contributed by atoms with E-state index in [0.29, 0.717) is 0 Å². The van der Waals surface area contributed by atoms with Gasteiger partial charge in [0, 0.05) is 26.1 Å². The molecule has 0 saturated carbocycles. The van der Waals surface area contributed by atoms with Gasteiger partial charge in [0.05, 0.1) is 17.1 Å². The molecule has 0 aliphatic heterocycles. The zero-order chi connectivity index (χ0) is 15.2. The van der Waals surface area contributed by atoms with Crippen molar-refractivity contribution in [3.63, 3.8) is 0 Å². The first kappa shape index (κ1) is 16.0. The van der Waals surface area contributed by atoms with Gasteiger partial charge in [0.15, 0.2) is 0 Å². The number of aromatic nitrogens is 2. The summed E-state index contributed by atoms with van der Waals surface area (Å²) in [5.74, 6) is 1.07. The van der Waals surface area contributed by atoms with Crippen molar-refractivity contribution in [2.24, 2.45) is 5.73 Å². The molecule has 2 rings (SSSR count). The maximum atomic E-state index is 6.36. The van der Waals surface area contributed by atoms with Crippen LogP contribution in [0.4, 0.5) is 0 Å². The molecule has 4 heteroatoms. The Morgan fingerprint density at radius 3 is 2.67 bits per heavy atom. The minimum atomic E-state index is -0.0117. The first-order valence-electron chi connectivity index (χ1n) is 7.93. The molecule has 0 radical (unpaired) electrons. The lowest BCUT2D eigenvalue weighted by Gasteiger charge is -2.22. The molecular formula is C17H27N3O. The normalized spacial score (nSPS) is 14.5. The minimum Gasteiger partial charge on any atom is -0.380 e.